The molecular formula is C49H82N4O8Si. The standard InChI is InChI=1S/C49H82N4O8Si/c1-19-32(5)43(38(11)54)51-42(55)30-52(15)47(58)40(29-39-24-22-21-23-25-39)53(16)46(57)37(10)50-45(56)41(28-31(3)4)60-48(59)35(8)27-26-34(7)36(9)44(33(6)20-2)61-62(17,18)49(12,13)14/h20-25,27,31-32,34,36-37,40-41,43-44H,19,26,28-30H2,1-18H3,(H,50,56)(H,51,55)/b33-20+,35-27+/t32?,34-,36-,37-,40+,41+,43-,44+/m0/s1. The molecule has 62 heavy (non-hydrogen) atoms. The molecule has 2 N–H and O–H groups in total. The number of ether oxygens (including phenoxy) is 1. The van der Waals surface area contributed by atoms with Gasteiger partial charge in [-0.25, -0.2) is 4.79 Å². The lowest BCUT2D eigenvalue weighted by Gasteiger charge is -2.42. The van der Waals surface area contributed by atoms with Gasteiger partial charge in [-0.3, -0.25) is 24.0 Å². The van der Waals surface area contributed by atoms with Crippen LogP contribution >= 0.6 is 0 Å². The maximum absolute atomic E-state index is 14.0. The molecule has 0 bridgehead atoms. The second-order valence-electron chi connectivity index (χ2n) is 19.4. The smallest absolute Gasteiger partial charge is 0.334 e. The van der Waals surface area contributed by atoms with E-state index in [1.54, 1.807) is 6.92 Å². The van der Waals surface area contributed by atoms with Crippen LogP contribution < -0.4 is 10.6 Å². The van der Waals surface area contributed by atoms with Crippen molar-refractivity contribution in [2.24, 2.45) is 23.7 Å². The number of carbonyl (C=O) groups excluding carboxylic acids is 6. The van der Waals surface area contributed by atoms with E-state index in [0.29, 0.717) is 18.4 Å². The Morgan fingerprint density at radius 2 is 1.44 bits per heavy atom. The van der Waals surface area contributed by atoms with Gasteiger partial charge in [0.05, 0.1) is 18.7 Å². The number of allylic oxidation sites excluding steroid dienone is 2. The summed E-state index contributed by atoms with van der Waals surface area (Å²) in [6, 6.07) is 6.39. The molecule has 0 aliphatic heterocycles. The fourth-order valence-electron chi connectivity index (χ4n) is 6.79. The first-order valence-electron chi connectivity index (χ1n) is 22.4. The Balaban J connectivity index is 3.21. The van der Waals surface area contributed by atoms with Crippen molar-refractivity contribution in [3.8, 4) is 0 Å². The summed E-state index contributed by atoms with van der Waals surface area (Å²) in [6.45, 7) is 31.6. The first-order valence-corrected chi connectivity index (χ1v) is 25.3. The lowest BCUT2D eigenvalue weighted by atomic mass is 9.85. The van der Waals surface area contributed by atoms with E-state index < -0.39 is 62.1 Å². The highest BCUT2D eigenvalue weighted by molar-refractivity contribution is 6.74. The molecule has 0 aromatic heterocycles. The van der Waals surface area contributed by atoms with Gasteiger partial charge in [-0.1, -0.05) is 111 Å². The zero-order valence-electron chi connectivity index (χ0n) is 41.4. The summed E-state index contributed by atoms with van der Waals surface area (Å²) < 4.78 is 12.7. The van der Waals surface area contributed by atoms with Gasteiger partial charge in [0, 0.05) is 26.1 Å². The molecule has 0 fully saturated rings. The molecular weight excluding hydrogens is 801 g/mol. The maximum Gasteiger partial charge on any atom is 0.334 e. The van der Waals surface area contributed by atoms with Crippen molar-refractivity contribution < 1.29 is 37.9 Å². The normalized spacial score (nSPS) is 16.5. The fourth-order valence-corrected chi connectivity index (χ4v) is 8.18. The topological polar surface area (TPSA) is 151 Å². The number of hydrogen-bond donors (Lipinski definition) is 2. The van der Waals surface area contributed by atoms with Gasteiger partial charge in [-0.2, -0.15) is 0 Å². The molecule has 4 amide bonds. The minimum atomic E-state index is -2.07. The minimum absolute atomic E-state index is 0.0124. The maximum atomic E-state index is 14.0. The van der Waals surface area contributed by atoms with Crippen molar-refractivity contribution in [2.75, 3.05) is 20.6 Å². The lowest BCUT2D eigenvalue weighted by Crippen LogP contribution is -2.56. The van der Waals surface area contributed by atoms with Crippen LogP contribution in [-0.4, -0.2) is 104 Å². The van der Waals surface area contributed by atoms with E-state index in [4.69, 9.17) is 9.16 Å². The average molecular weight is 883 g/mol. The monoisotopic (exact) mass is 883 g/mol. The second kappa shape index (κ2) is 25.3. The SMILES string of the molecule is C/C=C(\C)[C@@H](O[Si](C)(C)C(C)(C)C)[C@@H](C)[C@@H](C)C/C=C(\C)C(=O)O[C@H](CC(C)C)C(=O)N[C@@H](C)C(=O)N(C)[C@H](Cc1ccccc1)C(=O)N(C)CC(=O)N[C@H](C(C)=O)C(C)CC. The number of rotatable bonds is 24. The Hall–Kier alpha value is -4.10. The molecule has 13 heteroatoms. The number of nitrogens with zero attached hydrogens (tertiary/aromatic N) is 2. The van der Waals surface area contributed by atoms with Gasteiger partial charge in [0.2, 0.25) is 17.7 Å². The number of carbonyl (C=O) groups is 6. The molecule has 0 aliphatic carbocycles. The van der Waals surface area contributed by atoms with Gasteiger partial charge in [0.15, 0.2) is 20.2 Å². The lowest BCUT2D eigenvalue weighted by molar-refractivity contribution is -0.154. The molecule has 0 radical (unpaired) electrons. The summed E-state index contributed by atoms with van der Waals surface area (Å²) in [5.74, 6) is -2.70. The summed E-state index contributed by atoms with van der Waals surface area (Å²) in [7, 11) is 0.898. The molecule has 1 aromatic rings. The molecule has 1 rings (SSSR count). The van der Waals surface area contributed by atoms with Gasteiger partial charge in [0.1, 0.15) is 12.1 Å². The van der Waals surface area contributed by atoms with Crippen molar-refractivity contribution in [1.82, 2.24) is 20.4 Å². The van der Waals surface area contributed by atoms with Crippen LogP contribution in [0.1, 0.15) is 122 Å². The first-order chi connectivity index (χ1) is 28.6. The Morgan fingerprint density at radius 3 is 1.94 bits per heavy atom. The third-order valence-electron chi connectivity index (χ3n) is 12.7. The number of hydrogen-bond acceptors (Lipinski definition) is 8. The van der Waals surface area contributed by atoms with Crippen molar-refractivity contribution in [3.63, 3.8) is 0 Å². The molecule has 0 saturated heterocycles. The largest absolute Gasteiger partial charge is 0.449 e. The predicted molar refractivity (Wildman–Crippen MR) is 252 cm³/mol. The number of esters is 1. The Labute approximate surface area is 375 Å². The van der Waals surface area contributed by atoms with Crippen molar-refractivity contribution in [1.29, 1.82) is 0 Å². The third-order valence-corrected chi connectivity index (χ3v) is 17.1. The first kappa shape index (κ1) is 55.9. The summed E-state index contributed by atoms with van der Waals surface area (Å²) >= 11 is 0. The average Bonchev–Trinajstić information content (AvgIpc) is 3.20. The Morgan fingerprint density at radius 1 is 0.855 bits per heavy atom. The van der Waals surface area contributed by atoms with E-state index in [9.17, 15) is 28.8 Å². The number of Topliss-reactive ketones (excluding diaryl/α,β-unsaturated/α-hetero) is 1. The Bertz CT molecular complexity index is 1720. The minimum Gasteiger partial charge on any atom is -0.449 e. The number of benzene rings is 1. The van der Waals surface area contributed by atoms with E-state index in [-0.39, 0.29) is 60.0 Å². The summed E-state index contributed by atoms with van der Waals surface area (Å²) in [5, 5.41) is 5.55. The summed E-state index contributed by atoms with van der Waals surface area (Å²) in [4.78, 5) is 83.1. The molecule has 0 saturated carbocycles. The number of nitrogens with one attached hydrogen (secondary N) is 2. The quantitative estimate of drug-likeness (QED) is 0.0458. The molecule has 0 heterocycles. The molecule has 0 aliphatic rings. The van der Waals surface area contributed by atoms with Gasteiger partial charge in [-0.15, -0.1) is 0 Å². The highest BCUT2D eigenvalue weighted by Crippen LogP contribution is 2.40. The molecule has 12 nitrogen and oxygen atoms in total. The van der Waals surface area contributed by atoms with Gasteiger partial charge < -0.3 is 29.6 Å². The summed E-state index contributed by atoms with van der Waals surface area (Å²) in [6.07, 6.45) is 4.42. The Kier molecular flexibility index (Phi) is 22.8. The van der Waals surface area contributed by atoms with Gasteiger partial charge in [0.25, 0.3) is 5.91 Å². The zero-order valence-corrected chi connectivity index (χ0v) is 42.4. The second-order valence-corrected chi connectivity index (χ2v) is 24.2. The van der Waals surface area contributed by atoms with Crippen LogP contribution in [0.3, 0.4) is 0 Å². The molecule has 350 valence electrons. The van der Waals surface area contributed by atoms with Crippen LogP contribution in [0.15, 0.2) is 53.6 Å². The van der Waals surface area contributed by atoms with Crippen molar-refractivity contribution >= 4 is 43.7 Å². The van der Waals surface area contributed by atoms with E-state index in [1.807, 2.05) is 71.0 Å². The van der Waals surface area contributed by atoms with Crippen LogP contribution in [-0.2, 0) is 44.4 Å². The fraction of sp³-hybridized carbons (Fsp3) is 0.673. The summed E-state index contributed by atoms with van der Waals surface area (Å²) in [5.41, 5.74) is 2.36. The molecule has 0 spiro atoms. The molecule has 8 atom stereocenters. The number of ketones is 1. The van der Waals surface area contributed by atoms with Crippen LogP contribution in [0.5, 0.6) is 0 Å². The highest BCUT2D eigenvalue weighted by atomic mass is 28.4. The van der Waals surface area contributed by atoms with Crippen molar-refractivity contribution in [2.45, 2.75) is 171 Å². The van der Waals surface area contributed by atoms with E-state index in [0.717, 1.165) is 5.56 Å². The van der Waals surface area contributed by atoms with Gasteiger partial charge in [-0.05, 0) is 100 Å². The highest BCUT2D eigenvalue weighted by Gasteiger charge is 2.41. The van der Waals surface area contributed by atoms with Gasteiger partial charge >= 0.3 is 5.97 Å². The number of amides is 4. The van der Waals surface area contributed by atoms with Crippen LogP contribution in [0.2, 0.25) is 18.1 Å². The van der Waals surface area contributed by atoms with Crippen LogP contribution in [0, 0.1) is 23.7 Å². The third kappa shape index (κ3) is 17.2. The number of likely N-dealkylation sites (N-methyl/N-ethyl adjacent to an activating group) is 2. The zero-order chi connectivity index (χ0) is 47.9. The van der Waals surface area contributed by atoms with Crippen LogP contribution in [0.25, 0.3) is 0 Å². The predicted octanol–water partition coefficient (Wildman–Crippen LogP) is 8.06. The van der Waals surface area contributed by atoms with E-state index in [2.05, 4.69) is 71.3 Å². The van der Waals surface area contributed by atoms with E-state index in [1.165, 1.54) is 43.3 Å². The molecule has 1 unspecified atom stereocenters. The van der Waals surface area contributed by atoms with Crippen LogP contribution in [0.4, 0.5) is 0 Å². The van der Waals surface area contributed by atoms with Crippen molar-refractivity contribution in [3.05, 3.63) is 59.2 Å². The molecule has 1 aromatic carbocycles. The van der Waals surface area contributed by atoms with E-state index >= 15 is 0 Å².